The number of anilines is 1. The molecule has 0 radical (unpaired) electrons. The number of nitrogens with one attached hydrogen (secondary N) is 1. The zero-order chi connectivity index (χ0) is 11.5. The molecule has 16 heavy (non-hydrogen) atoms. The van der Waals surface area contributed by atoms with E-state index in [-0.39, 0.29) is 11.6 Å². The van der Waals surface area contributed by atoms with E-state index in [2.05, 4.69) is 5.32 Å². The van der Waals surface area contributed by atoms with Crippen molar-refractivity contribution in [1.82, 2.24) is 0 Å². The molecule has 0 aliphatic heterocycles. The first-order chi connectivity index (χ1) is 7.66. The lowest BCUT2D eigenvalue weighted by atomic mass is 10.1. The predicted molar refractivity (Wildman–Crippen MR) is 59.2 cm³/mol. The molecule has 0 amide bonds. The molecule has 1 aromatic rings. The van der Waals surface area contributed by atoms with Crippen molar-refractivity contribution in [3.05, 3.63) is 29.6 Å². The van der Waals surface area contributed by atoms with Gasteiger partial charge in [-0.3, -0.25) is 0 Å². The normalized spacial score (nSPS) is 16.3. The SMILES string of the molecule is O=C(O)c1ccc(F)c(NC2CCCC2)c1. The summed E-state index contributed by atoms with van der Waals surface area (Å²) in [7, 11) is 0. The maximum atomic E-state index is 13.4. The molecule has 0 aromatic heterocycles. The Labute approximate surface area is 93.3 Å². The fraction of sp³-hybridized carbons (Fsp3) is 0.417. The van der Waals surface area contributed by atoms with Crippen molar-refractivity contribution in [3.63, 3.8) is 0 Å². The van der Waals surface area contributed by atoms with E-state index in [1.165, 1.54) is 18.2 Å². The van der Waals surface area contributed by atoms with Crippen LogP contribution >= 0.6 is 0 Å². The lowest BCUT2D eigenvalue weighted by molar-refractivity contribution is 0.0697. The molecule has 3 nitrogen and oxygen atoms in total. The minimum Gasteiger partial charge on any atom is -0.478 e. The van der Waals surface area contributed by atoms with Crippen LogP contribution in [0.1, 0.15) is 36.0 Å². The van der Waals surface area contributed by atoms with Crippen LogP contribution in [-0.2, 0) is 0 Å². The van der Waals surface area contributed by atoms with E-state index in [4.69, 9.17) is 5.11 Å². The van der Waals surface area contributed by atoms with Gasteiger partial charge >= 0.3 is 5.97 Å². The highest BCUT2D eigenvalue weighted by atomic mass is 19.1. The summed E-state index contributed by atoms with van der Waals surface area (Å²) in [5.41, 5.74) is 0.411. The molecule has 0 bridgehead atoms. The first kappa shape index (κ1) is 10.9. The van der Waals surface area contributed by atoms with Crippen LogP contribution in [0.2, 0.25) is 0 Å². The fourth-order valence-electron chi connectivity index (χ4n) is 2.06. The monoisotopic (exact) mass is 223 g/mol. The third-order valence-corrected chi connectivity index (χ3v) is 2.93. The Morgan fingerprint density at radius 1 is 1.38 bits per heavy atom. The molecule has 2 N–H and O–H groups in total. The molecule has 86 valence electrons. The van der Waals surface area contributed by atoms with E-state index in [9.17, 15) is 9.18 Å². The first-order valence-corrected chi connectivity index (χ1v) is 5.46. The van der Waals surface area contributed by atoms with Gasteiger partial charge in [0.15, 0.2) is 0 Å². The highest BCUT2D eigenvalue weighted by Gasteiger charge is 2.17. The summed E-state index contributed by atoms with van der Waals surface area (Å²) in [6.45, 7) is 0. The van der Waals surface area contributed by atoms with Gasteiger partial charge in [-0.2, -0.15) is 0 Å². The van der Waals surface area contributed by atoms with Gasteiger partial charge < -0.3 is 10.4 Å². The van der Waals surface area contributed by atoms with Gasteiger partial charge in [-0.15, -0.1) is 0 Å². The minimum atomic E-state index is -1.03. The number of carbonyl (C=O) groups is 1. The molecule has 4 heteroatoms. The first-order valence-electron chi connectivity index (χ1n) is 5.46. The van der Waals surface area contributed by atoms with Crippen LogP contribution < -0.4 is 5.32 Å². The number of halogens is 1. The third-order valence-electron chi connectivity index (χ3n) is 2.93. The van der Waals surface area contributed by atoms with Crippen LogP contribution in [0.3, 0.4) is 0 Å². The van der Waals surface area contributed by atoms with Gasteiger partial charge in [0.1, 0.15) is 5.82 Å². The van der Waals surface area contributed by atoms with Crippen LogP contribution in [0.25, 0.3) is 0 Å². The van der Waals surface area contributed by atoms with Gasteiger partial charge in [0, 0.05) is 6.04 Å². The van der Waals surface area contributed by atoms with Crippen molar-refractivity contribution in [2.24, 2.45) is 0 Å². The van der Waals surface area contributed by atoms with E-state index in [1.54, 1.807) is 0 Å². The average Bonchev–Trinajstić information content (AvgIpc) is 2.73. The summed E-state index contributed by atoms with van der Waals surface area (Å²) in [4.78, 5) is 10.8. The lowest BCUT2D eigenvalue weighted by Gasteiger charge is -2.14. The highest BCUT2D eigenvalue weighted by molar-refractivity contribution is 5.88. The molecule has 0 spiro atoms. The molecule has 1 saturated carbocycles. The smallest absolute Gasteiger partial charge is 0.335 e. The van der Waals surface area contributed by atoms with Gasteiger partial charge in [0.25, 0.3) is 0 Å². The minimum absolute atomic E-state index is 0.113. The summed E-state index contributed by atoms with van der Waals surface area (Å²) < 4.78 is 13.4. The molecule has 2 rings (SSSR count). The molecule has 0 unspecified atom stereocenters. The van der Waals surface area contributed by atoms with Crippen LogP contribution in [0.4, 0.5) is 10.1 Å². The van der Waals surface area contributed by atoms with Crippen molar-refractivity contribution in [2.75, 3.05) is 5.32 Å². The summed E-state index contributed by atoms with van der Waals surface area (Å²) in [6, 6.07) is 4.10. The van der Waals surface area contributed by atoms with Crippen molar-refractivity contribution < 1.29 is 14.3 Å². The summed E-state index contributed by atoms with van der Waals surface area (Å²) in [5.74, 6) is -1.42. The maximum absolute atomic E-state index is 13.4. The largest absolute Gasteiger partial charge is 0.478 e. The van der Waals surface area contributed by atoms with E-state index in [0.717, 1.165) is 25.7 Å². The van der Waals surface area contributed by atoms with Gasteiger partial charge in [-0.1, -0.05) is 12.8 Å². The maximum Gasteiger partial charge on any atom is 0.335 e. The van der Waals surface area contributed by atoms with Crippen molar-refractivity contribution >= 4 is 11.7 Å². The van der Waals surface area contributed by atoms with Crippen LogP contribution in [-0.4, -0.2) is 17.1 Å². The number of hydrogen-bond acceptors (Lipinski definition) is 2. The Morgan fingerprint density at radius 3 is 2.69 bits per heavy atom. The molecule has 0 atom stereocenters. The zero-order valence-electron chi connectivity index (χ0n) is 8.87. The van der Waals surface area contributed by atoms with E-state index in [1.807, 2.05) is 0 Å². The number of benzene rings is 1. The molecular formula is C12H14FNO2. The predicted octanol–water partition coefficient (Wildman–Crippen LogP) is 2.88. The molecule has 1 aliphatic carbocycles. The van der Waals surface area contributed by atoms with Gasteiger partial charge in [-0.25, -0.2) is 9.18 Å². The zero-order valence-corrected chi connectivity index (χ0v) is 8.87. The number of rotatable bonds is 3. The van der Waals surface area contributed by atoms with E-state index < -0.39 is 11.8 Å². The molecule has 0 heterocycles. The van der Waals surface area contributed by atoms with Crippen LogP contribution in [0, 0.1) is 5.82 Å². The van der Waals surface area contributed by atoms with Gasteiger partial charge in [0.05, 0.1) is 11.3 Å². The molecule has 1 fully saturated rings. The number of carboxylic acids is 1. The summed E-state index contributed by atoms with van der Waals surface area (Å²) in [5, 5.41) is 11.9. The number of aromatic carboxylic acids is 1. The van der Waals surface area contributed by atoms with Gasteiger partial charge in [-0.05, 0) is 31.0 Å². The van der Waals surface area contributed by atoms with E-state index >= 15 is 0 Å². The second-order valence-corrected chi connectivity index (χ2v) is 4.13. The molecule has 0 saturated heterocycles. The van der Waals surface area contributed by atoms with Crippen molar-refractivity contribution in [1.29, 1.82) is 0 Å². The Hall–Kier alpha value is -1.58. The standard InChI is InChI=1S/C12H14FNO2/c13-10-6-5-8(12(15)16)7-11(10)14-9-3-1-2-4-9/h5-7,9,14H,1-4H2,(H,15,16). The summed E-state index contributed by atoms with van der Waals surface area (Å²) >= 11 is 0. The Kier molecular flexibility index (Phi) is 3.08. The summed E-state index contributed by atoms with van der Waals surface area (Å²) in [6.07, 6.45) is 4.35. The second-order valence-electron chi connectivity index (χ2n) is 4.13. The molecular weight excluding hydrogens is 209 g/mol. The fourth-order valence-corrected chi connectivity index (χ4v) is 2.06. The van der Waals surface area contributed by atoms with E-state index in [0.29, 0.717) is 5.69 Å². The molecule has 1 aliphatic rings. The van der Waals surface area contributed by atoms with Crippen LogP contribution in [0.5, 0.6) is 0 Å². The number of carboxylic acid groups (broad SMARTS) is 1. The number of hydrogen-bond donors (Lipinski definition) is 2. The lowest BCUT2D eigenvalue weighted by Crippen LogP contribution is -2.16. The topological polar surface area (TPSA) is 49.3 Å². The Balaban J connectivity index is 2.17. The second kappa shape index (κ2) is 4.51. The highest BCUT2D eigenvalue weighted by Crippen LogP contribution is 2.24. The van der Waals surface area contributed by atoms with Crippen molar-refractivity contribution in [3.8, 4) is 0 Å². The quantitative estimate of drug-likeness (QED) is 0.828. The average molecular weight is 223 g/mol. The van der Waals surface area contributed by atoms with Gasteiger partial charge in [0.2, 0.25) is 0 Å². The third kappa shape index (κ3) is 2.32. The molecule has 1 aromatic carbocycles. The van der Waals surface area contributed by atoms with Crippen molar-refractivity contribution in [2.45, 2.75) is 31.7 Å². The van der Waals surface area contributed by atoms with Crippen LogP contribution in [0.15, 0.2) is 18.2 Å². The Bertz CT molecular complexity index is 400. The Morgan fingerprint density at radius 2 is 2.06 bits per heavy atom.